The highest BCUT2D eigenvalue weighted by Crippen LogP contribution is 2.43. The van der Waals surface area contributed by atoms with Crippen molar-refractivity contribution < 1.29 is 37.0 Å². The number of piperidine rings is 1. The first kappa shape index (κ1) is 22.1. The van der Waals surface area contributed by atoms with Crippen LogP contribution in [0.25, 0.3) is 0 Å². The molecule has 7 nitrogen and oxygen atoms in total. The average molecular weight is 433 g/mol. The maximum Gasteiger partial charge on any atom is 0.417 e. The van der Waals surface area contributed by atoms with Crippen molar-refractivity contribution in [3.63, 3.8) is 0 Å². The van der Waals surface area contributed by atoms with Gasteiger partial charge in [-0.2, -0.15) is 13.2 Å². The molecular formula is C19H23F4N3O4. The van der Waals surface area contributed by atoms with Gasteiger partial charge in [-0.15, -0.1) is 0 Å². The van der Waals surface area contributed by atoms with Crippen molar-refractivity contribution in [2.45, 2.75) is 38.1 Å². The van der Waals surface area contributed by atoms with Crippen LogP contribution in [0.1, 0.15) is 20.3 Å². The largest absolute Gasteiger partial charge is 0.442 e. The van der Waals surface area contributed by atoms with Crippen LogP contribution < -0.4 is 15.1 Å². The van der Waals surface area contributed by atoms with E-state index in [1.807, 2.05) is 0 Å². The van der Waals surface area contributed by atoms with Crippen molar-refractivity contribution in [2.75, 3.05) is 36.0 Å². The number of amides is 2. The molecular weight excluding hydrogens is 410 g/mol. The van der Waals surface area contributed by atoms with E-state index in [1.54, 1.807) is 0 Å². The molecule has 0 aliphatic carbocycles. The first-order valence-corrected chi connectivity index (χ1v) is 9.48. The Morgan fingerprint density at radius 1 is 1.37 bits per heavy atom. The molecule has 0 radical (unpaired) electrons. The van der Waals surface area contributed by atoms with Crippen molar-refractivity contribution in [1.82, 2.24) is 5.32 Å². The lowest BCUT2D eigenvalue weighted by Crippen LogP contribution is -2.59. The topological polar surface area (TPSA) is 82.1 Å². The van der Waals surface area contributed by atoms with Crippen LogP contribution in [0.2, 0.25) is 0 Å². The summed E-state index contributed by atoms with van der Waals surface area (Å²) in [5.74, 6) is -2.11. The molecule has 30 heavy (non-hydrogen) atoms. The highest BCUT2D eigenvalue weighted by Gasteiger charge is 2.58. The van der Waals surface area contributed by atoms with Gasteiger partial charge in [-0.25, -0.2) is 9.18 Å². The van der Waals surface area contributed by atoms with E-state index < -0.39 is 42.1 Å². The number of halogens is 4. The SMILES string of the molecule is CC(=O)NC[C@H]1CN(c2ccc(N3CC[C@](O)(C(F)(F)F)[C@@H](C)C3)c(F)c2)C(=O)O1. The van der Waals surface area contributed by atoms with Gasteiger partial charge in [-0.3, -0.25) is 9.69 Å². The number of benzene rings is 1. The Morgan fingerprint density at radius 3 is 2.63 bits per heavy atom. The molecule has 2 saturated heterocycles. The quantitative estimate of drug-likeness (QED) is 0.713. The van der Waals surface area contributed by atoms with E-state index in [-0.39, 0.29) is 43.5 Å². The lowest BCUT2D eigenvalue weighted by molar-refractivity contribution is -0.281. The molecule has 3 rings (SSSR count). The molecule has 2 N–H and O–H groups in total. The molecule has 0 saturated carbocycles. The Labute approximate surface area is 170 Å². The number of rotatable bonds is 4. The van der Waals surface area contributed by atoms with Gasteiger partial charge in [0.25, 0.3) is 0 Å². The van der Waals surface area contributed by atoms with Crippen molar-refractivity contribution in [2.24, 2.45) is 5.92 Å². The van der Waals surface area contributed by atoms with E-state index in [2.05, 4.69) is 5.32 Å². The minimum Gasteiger partial charge on any atom is -0.442 e. The van der Waals surface area contributed by atoms with E-state index in [0.717, 1.165) is 6.07 Å². The second-order valence-electron chi connectivity index (χ2n) is 7.71. The summed E-state index contributed by atoms with van der Waals surface area (Å²) in [5.41, 5.74) is -2.47. The molecule has 1 aromatic carbocycles. The summed E-state index contributed by atoms with van der Waals surface area (Å²) in [6, 6.07) is 3.99. The van der Waals surface area contributed by atoms with E-state index in [9.17, 15) is 32.3 Å². The van der Waals surface area contributed by atoms with Crippen molar-refractivity contribution >= 4 is 23.4 Å². The van der Waals surface area contributed by atoms with Crippen molar-refractivity contribution in [3.8, 4) is 0 Å². The number of nitrogens with one attached hydrogen (secondary N) is 1. The molecule has 1 aromatic rings. The fourth-order valence-electron chi connectivity index (χ4n) is 3.78. The fourth-order valence-corrected chi connectivity index (χ4v) is 3.78. The monoisotopic (exact) mass is 433 g/mol. The highest BCUT2D eigenvalue weighted by molar-refractivity contribution is 5.90. The van der Waals surface area contributed by atoms with Gasteiger partial charge in [0.1, 0.15) is 11.9 Å². The summed E-state index contributed by atoms with van der Waals surface area (Å²) in [4.78, 5) is 25.7. The van der Waals surface area contributed by atoms with Crippen molar-refractivity contribution in [3.05, 3.63) is 24.0 Å². The Hall–Kier alpha value is -2.56. The molecule has 0 spiro atoms. The van der Waals surface area contributed by atoms with Gasteiger partial charge in [0.2, 0.25) is 5.91 Å². The van der Waals surface area contributed by atoms with E-state index in [0.29, 0.717) is 0 Å². The normalized spacial score (nSPS) is 27.2. The first-order chi connectivity index (χ1) is 13.9. The molecule has 0 bridgehead atoms. The van der Waals surface area contributed by atoms with Gasteiger partial charge in [-0.1, -0.05) is 6.92 Å². The summed E-state index contributed by atoms with van der Waals surface area (Å²) in [6.07, 6.45) is -6.58. The summed E-state index contributed by atoms with van der Waals surface area (Å²) >= 11 is 0. The zero-order chi connectivity index (χ0) is 22.3. The maximum absolute atomic E-state index is 14.8. The van der Waals surface area contributed by atoms with Crippen LogP contribution in [0.3, 0.4) is 0 Å². The molecule has 11 heteroatoms. The van der Waals surface area contributed by atoms with Gasteiger partial charge >= 0.3 is 12.3 Å². The Bertz CT molecular complexity index is 834. The van der Waals surface area contributed by atoms with Gasteiger partial charge in [-0.05, 0) is 18.2 Å². The molecule has 2 amide bonds. The van der Waals surface area contributed by atoms with E-state index in [1.165, 1.54) is 35.8 Å². The van der Waals surface area contributed by atoms with Crippen LogP contribution >= 0.6 is 0 Å². The predicted molar refractivity (Wildman–Crippen MR) is 99.7 cm³/mol. The summed E-state index contributed by atoms with van der Waals surface area (Å²) < 4.78 is 59.4. The van der Waals surface area contributed by atoms with Gasteiger partial charge < -0.3 is 20.1 Å². The number of nitrogens with zero attached hydrogens (tertiary/aromatic N) is 2. The Morgan fingerprint density at radius 2 is 2.07 bits per heavy atom. The number of carbonyl (C=O) groups excluding carboxylic acids is 2. The van der Waals surface area contributed by atoms with Crippen LogP contribution in [0.15, 0.2) is 18.2 Å². The van der Waals surface area contributed by atoms with Crippen LogP contribution in [0.5, 0.6) is 0 Å². The molecule has 3 atom stereocenters. The zero-order valence-corrected chi connectivity index (χ0v) is 16.5. The number of aliphatic hydroxyl groups is 1. The molecule has 2 fully saturated rings. The molecule has 0 aromatic heterocycles. The Kier molecular flexibility index (Phi) is 5.85. The smallest absolute Gasteiger partial charge is 0.417 e. The molecule has 166 valence electrons. The van der Waals surface area contributed by atoms with Gasteiger partial charge in [0.15, 0.2) is 5.60 Å². The second-order valence-corrected chi connectivity index (χ2v) is 7.71. The molecule has 2 aliphatic heterocycles. The third-order valence-electron chi connectivity index (χ3n) is 5.60. The van der Waals surface area contributed by atoms with Gasteiger partial charge in [0, 0.05) is 32.4 Å². The summed E-state index contributed by atoms with van der Waals surface area (Å²) in [5, 5.41) is 12.5. The number of alkyl halides is 3. The lowest BCUT2D eigenvalue weighted by atomic mass is 9.81. The summed E-state index contributed by atoms with van der Waals surface area (Å²) in [6.45, 7) is 2.53. The van der Waals surface area contributed by atoms with Crippen LogP contribution in [-0.4, -0.2) is 61.2 Å². The van der Waals surface area contributed by atoms with Crippen LogP contribution in [0.4, 0.5) is 33.7 Å². The van der Waals surface area contributed by atoms with Crippen LogP contribution in [0, 0.1) is 11.7 Å². The third-order valence-corrected chi connectivity index (χ3v) is 5.60. The van der Waals surface area contributed by atoms with Gasteiger partial charge in [0.05, 0.1) is 24.5 Å². The average Bonchev–Trinajstić information content (AvgIpc) is 3.02. The second kappa shape index (κ2) is 7.93. The number of hydrogen-bond donors (Lipinski definition) is 2. The maximum atomic E-state index is 14.8. The Balaban J connectivity index is 1.71. The minimum atomic E-state index is -4.76. The molecule has 2 aliphatic rings. The predicted octanol–water partition coefficient (Wildman–Crippen LogP) is 2.43. The third kappa shape index (κ3) is 4.16. The molecule has 2 heterocycles. The number of cyclic esters (lactones) is 1. The highest BCUT2D eigenvalue weighted by atomic mass is 19.4. The number of ether oxygens (including phenoxy) is 1. The zero-order valence-electron chi connectivity index (χ0n) is 16.5. The molecule has 0 unspecified atom stereocenters. The van der Waals surface area contributed by atoms with E-state index in [4.69, 9.17) is 4.74 Å². The van der Waals surface area contributed by atoms with Crippen molar-refractivity contribution in [1.29, 1.82) is 0 Å². The first-order valence-electron chi connectivity index (χ1n) is 9.48. The summed E-state index contributed by atoms with van der Waals surface area (Å²) in [7, 11) is 0. The fraction of sp³-hybridized carbons (Fsp3) is 0.579. The van der Waals surface area contributed by atoms with Crippen LogP contribution in [-0.2, 0) is 9.53 Å². The number of carbonyl (C=O) groups is 2. The standard InChI is InChI=1S/C19H23F4N3O4/c1-11-9-25(6-5-18(11,29)19(21,22)23)16-4-3-13(7-15(16)20)26-10-14(30-17(26)28)8-24-12(2)27/h3-4,7,11,14,29H,5-6,8-10H2,1-2H3,(H,24,27)/t11-,14-,18+/m0/s1. The minimum absolute atomic E-state index is 0.0946. The number of anilines is 2. The number of hydrogen-bond acceptors (Lipinski definition) is 5. The van der Waals surface area contributed by atoms with E-state index >= 15 is 0 Å². The lowest BCUT2D eigenvalue weighted by Gasteiger charge is -2.44.